The lowest BCUT2D eigenvalue weighted by Gasteiger charge is -2.36. The average molecular weight is 1110 g/mol. The molecule has 6 rings (SSSR count). The first-order valence-electron chi connectivity index (χ1n) is 28.1. The number of carbonyl (C=O) groups is 7. The van der Waals surface area contributed by atoms with E-state index >= 15 is 8.78 Å². The Morgan fingerprint density at radius 1 is 0.570 bits per heavy atom. The summed E-state index contributed by atoms with van der Waals surface area (Å²) < 4.78 is 67.0. The summed E-state index contributed by atoms with van der Waals surface area (Å²) in [5, 5.41) is 0. The zero-order valence-corrected chi connectivity index (χ0v) is 48.6. The highest BCUT2D eigenvalue weighted by Gasteiger charge is 2.58. The number of esters is 3. The van der Waals surface area contributed by atoms with Gasteiger partial charge in [0.1, 0.15) is 35.1 Å². The minimum atomic E-state index is -2.07. The summed E-state index contributed by atoms with van der Waals surface area (Å²) in [7, 11) is 5.48. The Bertz CT molecular complexity index is 2430. The Hall–Kier alpha value is -5.53. The van der Waals surface area contributed by atoms with Gasteiger partial charge in [0.15, 0.2) is 18.3 Å². The van der Waals surface area contributed by atoms with Crippen molar-refractivity contribution in [2.75, 3.05) is 61.2 Å². The molecular weight excluding hydrogens is 1020 g/mol. The van der Waals surface area contributed by atoms with Gasteiger partial charge in [-0.3, -0.25) is 19.2 Å². The molecule has 79 heavy (non-hydrogen) atoms. The van der Waals surface area contributed by atoms with E-state index in [2.05, 4.69) is 0 Å². The first-order valence-corrected chi connectivity index (χ1v) is 28.1. The first kappa shape index (κ1) is 62.7. The number of nitrogens with zero attached hydrogens (tertiary/aromatic N) is 4. The van der Waals surface area contributed by atoms with Crippen LogP contribution in [0.1, 0.15) is 147 Å². The molecule has 0 radical (unpaired) electrons. The van der Waals surface area contributed by atoms with E-state index in [4.69, 9.17) is 28.4 Å². The molecule has 7 atom stereocenters. The molecule has 17 nitrogen and oxygen atoms in total. The average Bonchev–Trinajstić information content (AvgIpc) is 4.29. The van der Waals surface area contributed by atoms with Crippen LogP contribution in [0.3, 0.4) is 0 Å². The smallest absolute Gasteiger partial charge is 0.332 e. The Morgan fingerprint density at radius 2 is 1.01 bits per heavy atom. The fourth-order valence-corrected chi connectivity index (χ4v) is 10.9. The predicted molar refractivity (Wildman–Crippen MR) is 290 cm³/mol. The van der Waals surface area contributed by atoms with E-state index < -0.39 is 107 Å². The van der Waals surface area contributed by atoms with Gasteiger partial charge in [-0.2, -0.15) is 0 Å². The fraction of sp³-hybridized carbons (Fsp3) is 0.683. The lowest BCUT2D eigenvalue weighted by molar-refractivity contribution is -0.175. The second-order valence-corrected chi connectivity index (χ2v) is 24.0. The van der Waals surface area contributed by atoms with Gasteiger partial charge in [0.25, 0.3) is 23.6 Å². The first-order chi connectivity index (χ1) is 37.1. The van der Waals surface area contributed by atoms with Gasteiger partial charge in [-0.25, -0.2) is 23.2 Å². The van der Waals surface area contributed by atoms with E-state index in [1.54, 1.807) is 0 Å². The molecule has 4 aliphatic rings. The van der Waals surface area contributed by atoms with E-state index in [0.29, 0.717) is 37.9 Å². The summed E-state index contributed by atoms with van der Waals surface area (Å²) in [6, 6.07) is 11.4. The van der Waals surface area contributed by atoms with Crippen LogP contribution in [0.2, 0.25) is 0 Å². The van der Waals surface area contributed by atoms with Crippen LogP contribution in [0.15, 0.2) is 48.5 Å². The molecule has 4 fully saturated rings. The van der Waals surface area contributed by atoms with Crippen molar-refractivity contribution in [1.29, 1.82) is 0 Å². The summed E-state index contributed by atoms with van der Waals surface area (Å²) >= 11 is 0. The molecule has 3 saturated heterocycles. The van der Waals surface area contributed by atoms with Crippen LogP contribution >= 0.6 is 0 Å². The number of hydrogen-bond acceptors (Lipinski definition) is 13. The Balaban J connectivity index is 1.38. The standard InChI is InChI=1S/C60H86F2N4O13/c1-37(2)31-47-55(71)77-38(3)52(68)65(11)48(35-59(7,8)62)56(72)79-50(33-41-15-19-43(20-16-41)45-23-29-75-30-24-45)54(70)66(12)60(25-26-60)57(73)78-39(4)51(67)63(9)46(34-58(5,6)61)36-76-49(53(69)64(47)10)32-40-13-17-42(18-14-40)44-21-27-74-28-22-44/h13-20,37-39,44-50H,21-36H2,1-12H3/t38-,39-,46+,47+,48+,49-,50-/m1/s1. The highest BCUT2D eigenvalue weighted by atomic mass is 19.1. The van der Waals surface area contributed by atoms with Crippen LogP contribution < -0.4 is 0 Å². The van der Waals surface area contributed by atoms with Crippen LogP contribution in [0.4, 0.5) is 8.78 Å². The summed E-state index contributed by atoms with van der Waals surface area (Å²) in [5.41, 5.74) is -1.97. The number of alkyl halides is 2. The van der Waals surface area contributed by atoms with Crippen molar-refractivity contribution in [3.8, 4) is 0 Å². The molecule has 19 heteroatoms. The number of ether oxygens (including phenoxy) is 6. The second kappa shape index (κ2) is 26.8. The maximum absolute atomic E-state index is 15.8. The second-order valence-electron chi connectivity index (χ2n) is 24.0. The third-order valence-corrected chi connectivity index (χ3v) is 16.0. The molecule has 438 valence electrons. The minimum Gasteiger partial charge on any atom is -0.451 e. The maximum atomic E-state index is 15.8. The van der Waals surface area contributed by atoms with E-state index in [1.807, 2.05) is 62.4 Å². The lowest BCUT2D eigenvalue weighted by Crippen LogP contribution is -2.55. The van der Waals surface area contributed by atoms with E-state index in [0.717, 1.165) is 52.2 Å². The predicted octanol–water partition coefficient (Wildman–Crippen LogP) is 7.23. The van der Waals surface area contributed by atoms with Gasteiger partial charge in [-0.15, -0.1) is 0 Å². The summed E-state index contributed by atoms with van der Waals surface area (Å²) in [5.74, 6) is -5.60. The van der Waals surface area contributed by atoms with Crippen LogP contribution in [-0.2, 0) is 74.8 Å². The number of amides is 4. The molecule has 2 aromatic rings. The molecule has 0 aromatic heterocycles. The van der Waals surface area contributed by atoms with Gasteiger partial charge in [0.05, 0.1) is 12.6 Å². The highest BCUT2D eigenvalue weighted by molar-refractivity contribution is 5.95. The van der Waals surface area contributed by atoms with Crippen LogP contribution in [0.25, 0.3) is 0 Å². The molecule has 2 aromatic carbocycles. The van der Waals surface area contributed by atoms with Gasteiger partial charge in [-0.1, -0.05) is 62.4 Å². The molecule has 0 bridgehead atoms. The summed E-state index contributed by atoms with van der Waals surface area (Å²) in [4.78, 5) is 106. The van der Waals surface area contributed by atoms with Crippen molar-refractivity contribution in [2.24, 2.45) is 5.92 Å². The van der Waals surface area contributed by atoms with Crippen molar-refractivity contribution in [2.45, 2.75) is 197 Å². The van der Waals surface area contributed by atoms with Gasteiger partial charge in [0, 0.05) is 80.3 Å². The maximum Gasteiger partial charge on any atom is 0.332 e. The fourth-order valence-electron chi connectivity index (χ4n) is 10.9. The number of halogens is 2. The highest BCUT2D eigenvalue weighted by Crippen LogP contribution is 2.43. The number of cyclic esters (lactones) is 3. The van der Waals surface area contributed by atoms with Crippen molar-refractivity contribution < 1.29 is 70.8 Å². The van der Waals surface area contributed by atoms with E-state index in [1.165, 1.54) is 79.5 Å². The molecule has 1 saturated carbocycles. The molecule has 1 spiro atoms. The molecule has 1 aliphatic carbocycles. The quantitative estimate of drug-likeness (QED) is 0.153. The Kier molecular flexibility index (Phi) is 21.3. The van der Waals surface area contributed by atoms with Crippen LogP contribution in [0.5, 0.6) is 0 Å². The number of rotatable bonds is 12. The summed E-state index contributed by atoms with van der Waals surface area (Å²) in [6.45, 7) is 13.7. The van der Waals surface area contributed by atoms with Crippen molar-refractivity contribution >= 4 is 41.5 Å². The molecule has 4 amide bonds. The third kappa shape index (κ3) is 16.8. The van der Waals surface area contributed by atoms with Crippen LogP contribution in [-0.4, -0.2) is 182 Å². The molecule has 3 aliphatic heterocycles. The SMILES string of the molecule is CC(C)C[C@H]1C(=O)O[C@H](C)C(=O)N(C)[C@@H](CC(C)(C)F)C(=O)O[C@H](Cc2ccc(C3CCOCC3)cc2)C(=O)N(C)C2(CC2)C(=O)O[C@H](C)C(=O)N(C)[C@@H](CC(C)(C)F)CO[C@H](Cc2ccc(C3CCOCC3)cc2)C(=O)N1C. The zero-order valence-electron chi connectivity index (χ0n) is 48.6. The molecule has 0 N–H and O–H groups in total. The number of hydrogen-bond donors (Lipinski definition) is 0. The van der Waals surface area contributed by atoms with Crippen LogP contribution in [0, 0.1) is 5.92 Å². The van der Waals surface area contributed by atoms with Gasteiger partial charge in [-0.05, 0) is 126 Å². The molecular formula is C60H86F2N4O13. The molecule has 0 unspecified atom stereocenters. The molecule has 3 heterocycles. The van der Waals surface area contributed by atoms with Gasteiger partial charge >= 0.3 is 17.9 Å². The Labute approximate surface area is 465 Å². The third-order valence-electron chi connectivity index (χ3n) is 16.0. The normalized spacial score (nSPS) is 26.8. The van der Waals surface area contributed by atoms with Crippen molar-refractivity contribution in [1.82, 2.24) is 19.6 Å². The van der Waals surface area contributed by atoms with Crippen molar-refractivity contribution in [3.63, 3.8) is 0 Å². The topological polar surface area (TPSA) is 188 Å². The summed E-state index contributed by atoms with van der Waals surface area (Å²) in [6.07, 6.45) is -3.12. The lowest BCUT2D eigenvalue weighted by atomic mass is 9.90. The van der Waals surface area contributed by atoms with E-state index in [-0.39, 0.29) is 57.0 Å². The Morgan fingerprint density at radius 3 is 1.48 bits per heavy atom. The number of likely N-dealkylation sites (N-methyl/N-ethyl adjacent to an activating group) is 4. The van der Waals surface area contributed by atoms with E-state index in [9.17, 15) is 33.6 Å². The van der Waals surface area contributed by atoms with Gasteiger partial charge < -0.3 is 48.0 Å². The largest absolute Gasteiger partial charge is 0.451 e. The van der Waals surface area contributed by atoms with Gasteiger partial charge in [0.2, 0.25) is 0 Å². The monoisotopic (exact) mass is 1110 g/mol. The zero-order chi connectivity index (χ0) is 58.1. The number of carbonyl (C=O) groups excluding carboxylic acids is 7. The number of benzene rings is 2. The minimum absolute atomic E-state index is 0.0122. The van der Waals surface area contributed by atoms with Crippen molar-refractivity contribution in [3.05, 3.63) is 70.8 Å².